The van der Waals surface area contributed by atoms with Crippen molar-refractivity contribution >= 4 is 25.7 Å². The maximum atomic E-state index is 12.9. The van der Waals surface area contributed by atoms with Crippen LogP contribution in [0.25, 0.3) is 0 Å². The third kappa shape index (κ3) is 53.7. The van der Waals surface area contributed by atoms with Gasteiger partial charge >= 0.3 is 25.7 Å². The average Bonchev–Trinajstić information content (AvgIpc) is 3.39. The molecule has 0 bridgehead atoms. The van der Waals surface area contributed by atoms with Crippen molar-refractivity contribution in [3.63, 3.8) is 0 Å². The molecular formula is C62H109O11P. The van der Waals surface area contributed by atoms with Gasteiger partial charge in [-0.3, -0.25) is 23.4 Å². The SMILES string of the molecule is CC/C=C\C/C=C\C/C=C\C/C=C\CCCCCCC(=O)OCC(COP(=O)(O)OCC(CO)OC(=O)CCCCCCC/C=C\C/C=C\CCC)OC(=O)CCCCCCCCCCCCCCCCCCC. The van der Waals surface area contributed by atoms with Gasteiger partial charge in [0.15, 0.2) is 6.10 Å². The van der Waals surface area contributed by atoms with E-state index in [-0.39, 0.29) is 25.9 Å². The van der Waals surface area contributed by atoms with Crippen molar-refractivity contribution in [3.8, 4) is 0 Å². The number of carbonyl (C=O) groups excluding carboxylic acids is 3. The summed E-state index contributed by atoms with van der Waals surface area (Å²) < 4.78 is 39.5. The smallest absolute Gasteiger partial charge is 0.462 e. The minimum atomic E-state index is -4.76. The van der Waals surface area contributed by atoms with Crippen molar-refractivity contribution in [1.82, 2.24) is 0 Å². The van der Waals surface area contributed by atoms with Crippen molar-refractivity contribution in [1.29, 1.82) is 0 Å². The molecule has 0 radical (unpaired) electrons. The van der Waals surface area contributed by atoms with Crippen molar-refractivity contribution in [2.45, 2.75) is 277 Å². The van der Waals surface area contributed by atoms with Gasteiger partial charge in [-0.15, -0.1) is 0 Å². The number of aliphatic hydroxyl groups is 1. The Balaban J connectivity index is 4.76. The standard InChI is InChI=1S/C62H109O11P/c1-4-7-10-13-16-19-22-25-27-29-31-34-36-39-42-45-48-51-60(64)69-55-59(73-62(66)53-50-47-44-41-38-35-32-30-28-26-23-20-17-14-11-8-5-2)57-71-74(67,68)70-56-58(54-63)72-61(65)52-49-46-43-40-37-33-24-21-18-15-12-9-6-3/h7,10,12,15-16,19,21,24-25,27,31,34,58-59,63H,4-6,8-9,11,13-14,17-18,20,22-23,26,28-30,32-33,35-57H2,1-3H3,(H,67,68)/b10-7-,15-12-,19-16-,24-21-,27-25-,34-31-. The van der Waals surface area contributed by atoms with Crippen LogP contribution in [0.2, 0.25) is 0 Å². The zero-order chi connectivity index (χ0) is 54.1. The van der Waals surface area contributed by atoms with Gasteiger partial charge in [0.1, 0.15) is 12.7 Å². The van der Waals surface area contributed by atoms with Crippen molar-refractivity contribution in [3.05, 3.63) is 72.9 Å². The maximum Gasteiger partial charge on any atom is 0.472 e. The summed E-state index contributed by atoms with van der Waals surface area (Å²) in [5.41, 5.74) is 0. The van der Waals surface area contributed by atoms with E-state index < -0.39 is 57.8 Å². The Bertz CT molecular complexity index is 1520. The van der Waals surface area contributed by atoms with Crippen LogP contribution in [0, 0.1) is 0 Å². The lowest BCUT2D eigenvalue weighted by molar-refractivity contribution is -0.161. The van der Waals surface area contributed by atoms with Crippen LogP contribution in [-0.4, -0.2) is 66.5 Å². The molecule has 0 saturated carbocycles. The van der Waals surface area contributed by atoms with E-state index >= 15 is 0 Å². The number of phosphoric ester groups is 1. The average molecular weight is 1060 g/mol. The number of aliphatic hydroxyl groups excluding tert-OH is 1. The van der Waals surface area contributed by atoms with Crippen LogP contribution in [0.1, 0.15) is 265 Å². The summed E-state index contributed by atoms with van der Waals surface area (Å²) in [6, 6.07) is 0. The normalized spacial score (nSPS) is 13.9. The molecule has 0 aliphatic rings. The lowest BCUT2D eigenvalue weighted by atomic mass is 10.0. The molecule has 0 aliphatic heterocycles. The summed E-state index contributed by atoms with van der Waals surface area (Å²) in [5.74, 6) is -1.50. The quantitative estimate of drug-likeness (QED) is 0.0197. The molecule has 74 heavy (non-hydrogen) atoms. The van der Waals surface area contributed by atoms with Crippen molar-refractivity contribution < 1.29 is 52.2 Å². The minimum absolute atomic E-state index is 0.158. The van der Waals surface area contributed by atoms with Crippen LogP contribution in [0.4, 0.5) is 0 Å². The summed E-state index contributed by atoms with van der Waals surface area (Å²) in [4.78, 5) is 48.6. The van der Waals surface area contributed by atoms with Gasteiger partial charge in [-0.1, -0.05) is 235 Å². The van der Waals surface area contributed by atoms with E-state index in [0.29, 0.717) is 19.3 Å². The number of carbonyl (C=O) groups is 3. The lowest BCUT2D eigenvalue weighted by Gasteiger charge is -2.21. The molecular weight excluding hydrogens is 952 g/mol. The second-order valence-corrected chi connectivity index (χ2v) is 21.2. The summed E-state index contributed by atoms with van der Waals surface area (Å²) >= 11 is 0. The highest BCUT2D eigenvalue weighted by Crippen LogP contribution is 2.43. The van der Waals surface area contributed by atoms with Crippen molar-refractivity contribution in [2.75, 3.05) is 26.4 Å². The van der Waals surface area contributed by atoms with Crippen molar-refractivity contribution in [2.24, 2.45) is 0 Å². The summed E-state index contributed by atoms with van der Waals surface area (Å²) in [7, 11) is -4.76. The molecule has 0 aromatic rings. The third-order valence-corrected chi connectivity index (χ3v) is 13.5. The molecule has 0 spiro atoms. The molecule has 0 rings (SSSR count). The Labute approximate surface area is 452 Å². The molecule has 0 aromatic carbocycles. The summed E-state index contributed by atoms with van der Waals surface area (Å²) in [5, 5.41) is 9.81. The highest BCUT2D eigenvalue weighted by Gasteiger charge is 2.28. The van der Waals surface area contributed by atoms with E-state index in [9.17, 15) is 28.9 Å². The van der Waals surface area contributed by atoms with Gasteiger partial charge in [0.05, 0.1) is 19.8 Å². The molecule has 2 N–H and O–H groups in total. The Morgan fingerprint density at radius 3 is 1.14 bits per heavy atom. The Morgan fingerprint density at radius 1 is 0.392 bits per heavy atom. The molecule has 0 heterocycles. The van der Waals surface area contributed by atoms with Crippen LogP contribution in [-0.2, 0) is 42.2 Å². The molecule has 0 fully saturated rings. The van der Waals surface area contributed by atoms with Gasteiger partial charge in [0.2, 0.25) is 0 Å². The minimum Gasteiger partial charge on any atom is -0.462 e. The number of rotatable bonds is 55. The molecule has 12 heteroatoms. The van der Waals surface area contributed by atoms with Crippen LogP contribution in [0.15, 0.2) is 72.9 Å². The highest BCUT2D eigenvalue weighted by molar-refractivity contribution is 7.47. The Hall–Kier alpha value is -3.08. The number of hydrogen-bond acceptors (Lipinski definition) is 10. The summed E-state index contributed by atoms with van der Waals surface area (Å²) in [6.07, 6.45) is 62.8. The number of esters is 3. The van der Waals surface area contributed by atoms with Crippen LogP contribution in [0.5, 0.6) is 0 Å². The van der Waals surface area contributed by atoms with E-state index in [1.165, 1.54) is 89.9 Å². The van der Waals surface area contributed by atoms with Crippen LogP contribution < -0.4 is 0 Å². The van der Waals surface area contributed by atoms with E-state index in [4.69, 9.17) is 23.3 Å². The van der Waals surface area contributed by atoms with Gasteiger partial charge < -0.3 is 24.2 Å². The van der Waals surface area contributed by atoms with E-state index in [1.54, 1.807) is 0 Å². The Kier molecular flexibility index (Phi) is 53.8. The fourth-order valence-corrected chi connectivity index (χ4v) is 8.88. The first-order chi connectivity index (χ1) is 36.2. The van der Waals surface area contributed by atoms with E-state index in [2.05, 4.69) is 93.7 Å². The third-order valence-electron chi connectivity index (χ3n) is 12.6. The predicted octanol–water partition coefficient (Wildman–Crippen LogP) is 17.7. The molecule has 3 atom stereocenters. The molecule has 0 saturated heterocycles. The fraction of sp³-hybridized carbons (Fsp3) is 0.758. The van der Waals surface area contributed by atoms with E-state index in [1.807, 2.05) is 0 Å². The number of allylic oxidation sites excluding steroid dienone is 12. The highest BCUT2D eigenvalue weighted by atomic mass is 31.2. The Morgan fingerprint density at radius 2 is 0.730 bits per heavy atom. The van der Waals surface area contributed by atoms with Gasteiger partial charge in [-0.25, -0.2) is 4.57 Å². The monoisotopic (exact) mass is 1060 g/mol. The fourth-order valence-electron chi connectivity index (χ4n) is 8.09. The first kappa shape index (κ1) is 70.9. The second kappa shape index (κ2) is 56.1. The second-order valence-electron chi connectivity index (χ2n) is 19.8. The number of phosphoric acid groups is 1. The molecule has 0 amide bonds. The largest absolute Gasteiger partial charge is 0.472 e. The zero-order valence-corrected chi connectivity index (χ0v) is 48.2. The summed E-state index contributed by atoms with van der Waals surface area (Å²) in [6.45, 7) is 4.45. The topological polar surface area (TPSA) is 155 Å². The van der Waals surface area contributed by atoms with E-state index in [0.717, 1.165) is 116 Å². The van der Waals surface area contributed by atoms with Gasteiger partial charge in [0.25, 0.3) is 0 Å². The van der Waals surface area contributed by atoms with Gasteiger partial charge in [-0.2, -0.15) is 0 Å². The van der Waals surface area contributed by atoms with Crippen LogP contribution >= 0.6 is 7.82 Å². The molecule has 0 aromatic heterocycles. The molecule has 0 aliphatic carbocycles. The molecule has 428 valence electrons. The lowest BCUT2D eigenvalue weighted by Crippen LogP contribution is -2.30. The van der Waals surface area contributed by atoms with Gasteiger partial charge in [0, 0.05) is 19.3 Å². The van der Waals surface area contributed by atoms with Gasteiger partial charge in [-0.05, 0) is 83.5 Å². The maximum absolute atomic E-state index is 12.9. The zero-order valence-electron chi connectivity index (χ0n) is 47.3. The number of ether oxygens (including phenoxy) is 3. The molecule has 11 nitrogen and oxygen atoms in total. The predicted molar refractivity (Wildman–Crippen MR) is 307 cm³/mol. The number of unbranched alkanes of at least 4 members (excludes halogenated alkanes) is 26. The molecule has 3 unspecified atom stereocenters. The number of hydrogen-bond donors (Lipinski definition) is 2. The first-order valence-corrected chi connectivity index (χ1v) is 31.3. The van der Waals surface area contributed by atoms with Crippen LogP contribution in [0.3, 0.4) is 0 Å². The first-order valence-electron chi connectivity index (χ1n) is 29.8.